The zero-order valence-corrected chi connectivity index (χ0v) is 18.1. The molecule has 0 aromatic heterocycles. The van der Waals surface area contributed by atoms with E-state index in [2.05, 4.69) is 13.8 Å². The van der Waals surface area contributed by atoms with E-state index in [1.54, 1.807) is 0 Å². The highest BCUT2D eigenvalue weighted by molar-refractivity contribution is 5.97. The molecule has 2 aliphatic heterocycles. The minimum Gasteiger partial charge on any atom is -0.492 e. The number of rotatable bonds is 7. The number of benzene rings is 1. The zero-order chi connectivity index (χ0) is 20.6. The standard InChI is InChI=1S/C24H36N2O3/c1-3-20(4-2)23(27)26-16-12-19(13-17-26)18-29-22-11-7-6-10-21(22)24(28)25-14-8-5-9-15-25/h6-7,10-11,19-20H,3-5,8-9,12-18H2,1-2H3. The van der Waals surface area contributed by atoms with Crippen molar-refractivity contribution in [2.24, 2.45) is 11.8 Å². The van der Waals surface area contributed by atoms with Crippen LogP contribution in [0.3, 0.4) is 0 Å². The van der Waals surface area contributed by atoms with E-state index in [1.165, 1.54) is 6.42 Å². The first-order valence-corrected chi connectivity index (χ1v) is 11.4. The lowest BCUT2D eigenvalue weighted by Gasteiger charge is -2.34. The van der Waals surface area contributed by atoms with E-state index in [0.717, 1.165) is 64.7 Å². The number of ether oxygens (including phenoxy) is 1. The molecular formula is C24H36N2O3. The van der Waals surface area contributed by atoms with Crippen molar-refractivity contribution in [3.05, 3.63) is 29.8 Å². The third kappa shape index (κ3) is 5.52. The Bertz CT molecular complexity index is 672. The van der Waals surface area contributed by atoms with Crippen molar-refractivity contribution < 1.29 is 14.3 Å². The Morgan fingerprint density at radius 1 is 0.966 bits per heavy atom. The summed E-state index contributed by atoms with van der Waals surface area (Å²) >= 11 is 0. The highest BCUT2D eigenvalue weighted by Gasteiger charge is 2.27. The van der Waals surface area contributed by atoms with Gasteiger partial charge in [0.1, 0.15) is 5.75 Å². The molecule has 2 heterocycles. The molecule has 2 amide bonds. The first-order valence-electron chi connectivity index (χ1n) is 11.4. The van der Waals surface area contributed by atoms with Gasteiger partial charge in [0.25, 0.3) is 5.91 Å². The molecule has 0 aliphatic carbocycles. The lowest BCUT2D eigenvalue weighted by atomic mass is 9.95. The van der Waals surface area contributed by atoms with Gasteiger partial charge in [-0.05, 0) is 63.0 Å². The first kappa shape index (κ1) is 21.7. The van der Waals surface area contributed by atoms with E-state index in [4.69, 9.17) is 4.74 Å². The van der Waals surface area contributed by atoms with Crippen molar-refractivity contribution in [2.45, 2.75) is 58.8 Å². The van der Waals surface area contributed by atoms with Gasteiger partial charge in [-0.25, -0.2) is 0 Å². The summed E-state index contributed by atoms with van der Waals surface area (Å²) in [6.45, 7) is 8.11. The molecule has 0 saturated carbocycles. The quantitative estimate of drug-likeness (QED) is 0.683. The van der Waals surface area contributed by atoms with Crippen LogP contribution in [0.2, 0.25) is 0 Å². The average Bonchev–Trinajstić information content (AvgIpc) is 2.79. The number of para-hydroxylation sites is 1. The average molecular weight is 401 g/mol. The number of likely N-dealkylation sites (tertiary alicyclic amines) is 2. The van der Waals surface area contributed by atoms with Crippen molar-refractivity contribution in [1.82, 2.24) is 9.80 Å². The molecule has 2 saturated heterocycles. The van der Waals surface area contributed by atoms with Crippen molar-refractivity contribution >= 4 is 11.8 Å². The smallest absolute Gasteiger partial charge is 0.257 e. The number of carbonyl (C=O) groups excluding carboxylic acids is 2. The fraction of sp³-hybridized carbons (Fsp3) is 0.667. The van der Waals surface area contributed by atoms with Gasteiger partial charge < -0.3 is 14.5 Å². The van der Waals surface area contributed by atoms with Gasteiger partial charge in [0, 0.05) is 32.1 Å². The van der Waals surface area contributed by atoms with E-state index < -0.39 is 0 Å². The minimum absolute atomic E-state index is 0.0888. The summed E-state index contributed by atoms with van der Waals surface area (Å²) < 4.78 is 6.12. The van der Waals surface area contributed by atoms with E-state index in [9.17, 15) is 9.59 Å². The monoisotopic (exact) mass is 400 g/mol. The maximum atomic E-state index is 12.9. The Morgan fingerprint density at radius 2 is 1.62 bits per heavy atom. The van der Waals surface area contributed by atoms with Crippen LogP contribution in [0, 0.1) is 11.8 Å². The molecule has 29 heavy (non-hydrogen) atoms. The van der Waals surface area contributed by atoms with Crippen molar-refractivity contribution in [1.29, 1.82) is 0 Å². The molecule has 2 fully saturated rings. The summed E-state index contributed by atoms with van der Waals surface area (Å²) in [6.07, 6.45) is 7.15. The van der Waals surface area contributed by atoms with Gasteiger partial charge in [0.2, 0.25) is 5.91 Å². The molecule has 0 radical (unpaired) electrons. The normalized spacial score (nSPS) is 18.2. The molecule has 1 aromatic carbocycles. The Labute approximate surface area is 175 Å². The van der Waals surface area contributed by atoms with E-state index in [-0.39, 0.29) is 11.8 Å². The molecule has 5 heteroatoms. The highest BCUT2D eigenvalue weighted by atomic mass is 16.5. The van der Waals surface area contributed by atoms with Crippen LogP contribution in [-0.4, -0.2) is 54.4 Å². The second-order valence-electron chi connectivity index (χ2n) is 8.44. The number of hydrogen-bond donors (Lipinski definition) is 0. The van der Waals surface area contributed by atoms with Gasteiger partial charge in [-0.2, -0.15) is 0 Å². The van der Waals surface area contributed by atoms with Gasteiger partial charge in [-0.3, -0.25) is 9.59 Å². The lowest BCUT2D eigenvalue weighted by molar-refractivity contribution is -0.137. The minimum atomic E-state index is 0.0888. The summed E-state index contributed by atoms with van der Waals surface area (Å²) in [5, 5.41) is 0. The third-order valence-corrected chi connectivity index (χ3v) is 6.50. The van der Waals surface area contributed by atoms with Crippen LogP contribution in [-0.2, 0) is 4.79 Å². The van der Waals surface area contributed by atoms with E-state index >= 15 is 0 Å². The molecule has 3 rings (SSSR count). The molecule has 2 aliphatic rings. The molecule has 0 spiro atoms. The summed E-state index contributed by atoms with van der Waals surface area (Å²) in [7, 11) is 0. The first-order chi connectivity index (χ1) is 14.1. The number of piperidine rings is 2. The molecular weight excluding hydrogens is 364 g/mol. The van der Waals surface area contributed by atoms with E-state index in [0.29, 0.717) is 29.7 Å². The number of hydrogen-bond acceptors (Lipinski definition) is 3. The van der Waals surface area contributed by atoms with Crippen LogP contribution in [0.4, 0.5) is 0 Å². The van der Waals surface area contributed by atoms with E-state index in [1.807, 2.05) is 34.1 Å². The fourth-order valence-electron chi connectivity index (χ4n) is 4.46. The van der Waals surface area contributed by atoms with Crippen molar-refractivity contribution in [2.75, 3.05) is 32.8 Å². The highest BCUT2D eigenvalue weighted by Crippen LogP contribution is 2.25. The van der Waals surface area contributed by atoms with Crippen molar-refractivity contribution in [3.63, 3.8) is 0 Å². The molecule has 0 atom stereocenters. The van der Waals surface area contributed by atoms with Crippen molar-refractivity contribution in [3.8, 4) is 5.75 Å². The van der Waals surface area contributed by atoms with Gasteiger partial charge >= 0.3 is 0 Å². The third-order valence-electron chi connectivity index (χ3n) is 6.50. The topological polar surface area (TPSA) is 49.9 Å². The SMILES string of the molecule is CCC(CC)C(=O)N1CCC(COc2ccccc2C(=O)N2CCCCC2)CC1. The predicted molar refractivity (Wildman–Crippen MR) is 115 cm³/mol. The summed E-state index contributed by atoms with van der Waals surface area (Å²) in [5.41, 5.74) is 0.677. The second-order valence-corrected chi connectivity index (χ2v) is 8.44. The number of nitrogens with zero attached hydrogens (tertiary/aromatic N) is 2. The molecule has 0 N–H and O–H groups in total. The maximum Gasteiger partial charge on any atom is 0.257 e. The van der Waals surface area contributed by atoms with Crippen LogP contribution in [0.1, 0.15) is 69.2 Å². The van der Waals surface area contributed by atoms with Crippen LogP contribution in [0.5, 0.6) is 5.75 Å². The predicted octanol–water partition coefficient (Wildman–Crippen LogP) is 4.37. The van der Waals surface area contributed by atoms with Crippen LogP contribution < -0.4 is 4.74 Å². The second kappa shape index (κ2) is 10.7. The molecule has 160 valence electrons. The summed E-state index contributed by atoms with van der Waals surface area (Å²) in [6, 6.07) is 7.62. The summed E-state index contributed by atoms with van der Waals surface area (Å²) in [5.74, 6) is 1.69. The Hall–Kier alpha value is -2.04. The molecule has 0 bridgehead atoms. The fourth-order valence-corrected chi connectivity index (χ4v) is 4.46. The molecule has 1 aromatic rings. The zero-order valence-electron chi connectivity index (χ0n) is 18.1. The van der Waals surface area contributed by atoms with Gasteiger partial charge in [-0.1, -0.05) is 26.0 Å². The maximum absolute atomic E-state index is 12.9. The summed E-state index contributed by atoms with van der Waals surface area (Å²) in [4.78, 5) is 29.5. The lowest BCUT2D eigenvalue weighted by Crippen LogP contribution is -2.42. The Kier molecular flexibility index (Phi) is 7.96. The van der Waals surface area contributed by atoms with Gasteiger partial charge in [-0.15, -0.1) is 0 Å². The largest absolute Gasteiger partial charge is 0.492 e. The Balaban J connectivity index is 1.52. The van der Waals surface area contributed by atoms with Crippen LogP contribution in [0.15, 0.2) is 24.3 Å². The Morgan fingerprint density at radius 3 is 2.28 bits per heavy atom. The molecule has 5 nitrogen and oxygen atoms in total. The van der Waals surface area contributed by atoms with Gasteiger partial charge in [0.15, 0.2) is 0 Å². The van der Waals surface area contributed by atoms with Crippen LogP contribution in [0.25, 0.3) is 0 Å². The molecule has 0 unspecified atom stereocenters. The van der Waals surface area contributed by atoms with Crippen LogP contribution >= 0.6 is 0 Å². The number of amides is 2. The van der Waals surface area contributed by atoms with Gasteiger partial charge in [0.05, 0.1) is 12.2 Å². The number of carbonyl (C=O) groups is 2.